The van der Waals surface area contributed by atoms with Gasteiger partial charge in [-0.3, -0.25) is 19.2 Å². The number of ether oxygens (including phenoxy) is 1. The third-order valence-corrected chi connectivity index (χ3v) is 7.51. The fraction of sp³-hybridized carbons (Fsp3) is 0.182. The molecule has 0 bridgehead atoms. The van der Waals surface area contributed by atoms with Crippen molar-refractivity contribution in [3.05, 3.63) is 105 Å². The molecular weight excluding hydrogens is 619 g/mol. The fourth-order valence-corrected chi connectivity index (χ4v) is 4.84. The second-order valence-corrected chi connectivity index (χ2v) is 10.7. The standard InChI is InChI=1S/C33H30Cl2N4O6/c1-20-6-10-22-4-3-5-27(32(22)38-20)45-19-24-25(34)13-14-26(31(24)35)39(2)29(41)18-37-28(40)15-9-21-7-11-23(12-8-21)33(44)36-17-16-30(42)43/h3-15H,16-19H2,1-2H3,(H,36,44)(H,37,40)(H,42,43)/b15-9+. The van der Waals surface area contributed by atoms with Crippen molar-refractivity contribution in [1.29, 1.82) is 0 Å². The predicted octanol–water partition coefficient (Wildman–Crippen LogP) is 5.43. The van der Waals surface area contributed by atoms with Crippen molar-refractivity contribution in [2.75, 3.05) is 25.0 Å². The van der Waals surface area contributed by atoms with Gasteiger partial charge in [0, 0.05) is 46.9 Å². The second-order valence-electron chi connectivity index (χ2n) is 9.95. The van der Waals surface area contributed by atoms with Crippen LogP contribution >= 0.6 is 23.2 Å². The van der Waals surface area contributed by atoms with E-state index in [2.05, 4.69) is 15.6 Å². The summed E-state index contributed by atoms with van der Waals surface area (Å²) in [5, 5.41) is 15.3. The first-order valence-electron chi connectivity index (χ1n) is 13.8. The number of anilines is 1. The number of para-hydroxylation sites is 1. The summed E-state index contributed by atoms with van der Waals surface area (Å²) in [5.41, 5.74) is 3.46. The second kappa shape index (κ2) is 15.2. The van der Waals surface area contributed by atoms with E-state index in [1.807, 2.05) is 37.3 Å². The van der Waals surface area contributed by atoms with E-state index >= 15 is 0 Å². The van der Waals surface area contributed by atoms with Crippen LogP contribution < -0.4 is 20.3 Å². The molecule has 3 amide bonds. The number of benzene rings is 3. The Morgan fingerprint density at radius 2 is 1.73 bits per heavy atom. The molecule has 1 heterocycles. The summed E-state index contributed by atoms with van der Waals surface area (Å²) < 4.78 is 6.06. The zero-order valence-electron chi connectivity index (χ0n) is 24.5. The van der Waals surface area contributed by atoms with Gasteiger partial charge < -0.3 is 25.4 Å². The molecule has 45 heavy (non-hydrogen) atoms. The molecule has 3 aromatic carbocycles. The van der Waals surface area contributed by atoms with Gasteiger partial charge in [-0.1, -0.05) is 53.5 Å². The molecule has 0 saturated carbocycles. The highest BCUT2D eigenvalue weighted by Crippen LogP contribution is 2.35. The first-order valence-corrected chi connectivity index (χ1v) is 14.6. The molecule has 12 heteroatoms. The number of aromatic nitrogens is 1. The number of likely N-dealkylation sites (N-methyl/N-ethyl adjacent to an activating group) is 1. The predicted molar refractivity (Wildman–Crippen MR) is 174 cm³/mol. The molecule has 4 rings (SSSR count). The smallest absolute Gasteiger partial charge is 0.305 e. The Labute approximate surface area is 269 Å². The van der Waals surface area contributed by atoms with Crippen LogP contribution in [0, 0.1) is 6.92 Å². The average Bonchev–Trinajstić information content (AvgIpc) is 3.02. The highest BCUT2D eigenvalue weighted by Gasteiger charge is 2.19. The Hall–Kier alpha value is -4.93. The van der Waals surface area contributed by atoms with E-state index < -0.39 is 23.7 Å². The van der Waals surface area contributed by atoms with E-state index in [1.165, 1.54) is 17.1 Å². The van der Waals surface area contributed by atoms with Crippen LogP contribution in [-0.2, 0) is 21.0 Å². The summed E-state index contributed by atoms with van der Waals surface area (Å²) in [6, 6.07) is 19.1. The number of nitrogens with zero attached hydrogens (tertiary/aromatic N) is 2. The Kier molecular flexibility index (Phi) is 11.1. The number of halogens is 2. The van der Waals surface area contributed by atoms with E-state index in [1.54, 1.807) is 43.4 Å². The fourth-order valence-electron chi connectivity index (χ4n) is 4.24. The first-order chi connectivity index (χ1) is 21.5. The van der Waals surface area contributed by atoms with Crippen LogP contribution in [-0.4, -0.2) is 53.9 Å². The van der Waals surface area contributed by atoms with Crippen molar-refractivity contribution in [3.8, 4) is 5.75 Å². The summed E-state index contributed by atoms with van der Waals surface area (Å²) >= 11 is 13.1. The molecule has 0 spiro atoms. The number of aryl methyl sites for hydroxylation is 1. The van der Waals surface area contributed by atoms with Crippen LogP contribution in [0.3, 0.4) is 0 Å². The van der Waals surface area contributed by atoms with Crippen molar-refractivity contribution in [2.45, 2.75) is 20.0 Å². The molecule has 232 valence electrons. The maximum absolute atomic E-state index is 12.9. The molecular formula is C33H30Cl2N4O6. The molecule has 0 saturated heterocycles. The number of fused-ring (bicyclic) bond motifs is 1. The molecule has 4 aromatic rings. The topological polar surface area (TPSA) is 138 Å². The molecule has 10 nitrogen and oxygen atoms in total. The zero-order valence-corrected chi connectivity index (χ0v) is 26.0. The quantitative estimate of drug-likeness (QED) is 0.174. The van der Waals surface area contributed by atoms with Gasteiger partial charge in [-0.15, -0.1) is 0 Å². The molecule has 0 aliphatic heterocycles. The van der Waals surface area contributed by atoms with E-state index in [0.29, 0.717) is 38.7 Å². The van der Waals surface area contributed by atoms with Crippen molar-refractivity contribution >= 4 is 69.6 Å². The number of rotatable bonds is 12. The Bertz CT molecular complexity index is 1780. The van der Waals surface area contributed by atoms with Gasteiger partial charge in [0.2, 0.25) is 11.8 Å². The summed E-state index contributed by atoms with van der Waals surface area (Å²) in [4.78, 5) is 53.9. The highest BCUT2D eigenvalue weighted by molar-refractivity contribution is 6.38. The van der Waals surface area contributed by atoms with Gasteiger partial charge in [-0.25, -0.2) is 4.98 Å². The first kappa shape index (κ1) is 33.0. The van der Waals surface area contributed by atoms with Crippen molar-refractivity contribution in [2.24, 2.45) is 0 Å². The van der Waals surface area contributed by atoms with Crippen LogP contribution in [0.15, 0.2) is 72.8 Å². The number of hydrogen-bond acceptors (Lipinski definition) is 6. The lowest BCUT2D eigenvalue weighted by Gasteiger charge is -2.21. The molecule has 1 aromatic heterocycles. The lowest BCUT2D eigenvalue weighted by Crippen LogP contribution is -2.37. The van der Waals surface area contributed by atoms with Crippen molar-refractivity contribution in [1.82, 2.24) is 15.6 Å². The van der Waals surface area contributed by atoms with Crippen LogP contribution in [0.1, 0.15) is 33.6 Å². The molecule has 0 atom stereocenters. The minimum Gasteiger partial charge on any atom is -0.487 e. The Morgan fingerprint density at radius 1 is 0.978 bits per heavy atom. The van der Waals surface area contributed by atoms with Crippen LogP contribution in [0.2, 0.25) is 10.0 Å². The number of aliphatic carboxylic acids is 1. The number of carbonyl (C=O) groups excluding carboxylic acids is 3. The van der Waals surface area contributed by atoms with Gasteiger partial charge >= 0.3 is 5.97 Å². The Morgan fingerprint density at radius 3 is 2.47 bits per heavy atom. The van der Waals surface area contributed by atoms with Crippen LogP contribution in [0.5, 0.6) is 5.75 Å². The van der Waals surface area contributed by atoms with Gasteiger partial charge in [-0.2, -0.15) is 0 Å². The number of pyridine rings is 1. The van der Waals surface area contributed by atoms with Crippen LogP contribution in [0.4, 0.5) is 5.69 Å². The normalized spacial score (nSPS) is 10.9. The molecule has 0 radical (unpaired) electrons. The minimum atomic E-state index is -1.00. The summed E-state index contributed by atoms with van der Waals surface area (Å²) in [6.07, 6.45) is 2.63. The van der Waals surface area contributed by atoms with E-state index in [-0.39, 0.29) is 31.1 Å². The zero-order chi connectivity index (χ0) is 32.5. The molecule has 0 fully saturated rings. The number of carbonyl (C=O) groups is 4. The van der Waals surface area contributed by atoms with Gasteiger partial charge in [-0.05, 0) is 55.0 Å². The number of carboxylic acids is 1. The monoisotopic (exact) mass is 648 g/mol. The minimum absolute atomic E-state index is 0.0211. The van der Waals surface area contributed by atoms with Gasteiger partial charge in [0.05, 0.1) is 23.7 Å². The van der Waals surface area contributed by atoms with Crippen molar-refractivity contribution in [3.63, 3.8) is 0 Å². The van der Waals surface area contributed by atoms with E-state index in [4.69, 9.17) is 33.0 Å². The number of nitrogens with one attached hydrogen (secondary N) is 2. The van der Waals surface area contributed by atoms with Gasteiger partial charge in [0.1, 0.15) is 17.9 Å². The summed E-state index contributed by atoms with van der Waals surface area (Å²) in [5.74, 6) is -1.74. The van der Waals surface area contributed by atoms with Crippen LogP contribution in [0.25, 0.3) is 17.0 Å². The lowest BCUT2D eigenvalue weighted by atomic mass is 10.1. The molecule has 0 aliphatic carbocycles. The number of hydrogen-bond donors (Lipinski definition) is 3. The van der Waals surface area contributed by atoms with E-state index in [0.717, 1.165) is 11.1 Å². The summed E-state index contributed by atoms with van der Waals surface area (Å²) in [6.45, 7) is 1.67. The lowest BCUT2D eigenvalue weighted by molar-refractivity contribution is -0.136. The van der Waals surface area contributed by atoms with Gasteiger partial charge in [0.15, 0.2) is 0 Å². The molecule has 0 unspecified atom stereocenters. The maximum Gasteiger partial charge on any atom is 0.305 e. The Balaban J connectivity index is 1.33. The van der Waals surface area contributed by atoms with Gasteiger partial charge in [0.25, 0.3) is 5.91 Å². The maximum atomic E-state index is 12.9. The van der Waals surface area contributed by atoms with Crippen molar-refractivity contribution < 1.29 is 29.0 Å². The number of carboxylic acid groups (broad SMARTS) is 1. The summed E-state index contributed by atoms with van der Waals surface area (Å²) in [7, 11) is 1.54. The average molecular weight is 650 g/mol. The molecule has 3 N–H and O–H groups in total. The largest absolute Gasteiger partial charge is 0.487 e. The number of amides is 3. The molecule has 0 aliphatic rings. The SMILES string of the molecule is Cc1ccc2cccc(OCc3c(Cl)ccc(N(C)C(=O)CNC(=O)/C=C/c4ccc(C(=O)NCCC(=O)O)cc4)c3Cl)c2n1. The third kappa shape index (κ3) is 8.81. The third-order valence-electron chi connectivity index (χ3n) is 6.73. The van der Waals surface area contributed by atoms with E-state index in [9.17, 15) is 19.2 Å². The highest BCUT2D eigenvalue weighted by atomic mass is 35.5.